The van der Waals surface area contributed by atoms with Gasteiger partial charge in [0.25, 0.3) is 0 Å². The predicted molar refractivity (Wildman–Crippen MR) is 98.2 cm³/mol. The van der Waals surface area contributed by atoms with Gasteiger partial charge in [0.05, 0.1) is 20.6 Å². The molecule has 0 aliphatic rings. The molecular weight excluding hydrogens is 335 g/mol. The Morgan fingerprint density at radius 2 is 1.92 bits per heavy atom. The van der Waals surface area contributed by atoms with Crippen LogP contribution in [0.2, 0.25) is 0 Å². The number of rotatable bonds is 7. The predicted octanol–water partition coefficient (Wildman–Crippen LogP) is 3.23. The zero-order valence-electron chi connectivity index (χ0n) is 14.8. The average Bonchev–Trinajstić information content (AvgIpc) is 3.03. The summed E-state index contributed by atoms with van der Waals surface area (Å²) in [5, 5.41) is 3.63. The van der Waals surface area contributed by atoms with Crippen molar-refractivity contribution in [3.8, 4) is 11.5 Å². The minimum atomic E-state index is -0.313. The lowest BCUT2D eigenvalue weighted by atomic mass is 10.1. The van der Waals surface area contributed by atoms with E-state index in [0.717, 1.165) is 22.0 Å². The first-order chi connectivity index (χ1) is 12.6. The van der Waals surface area contributed by atoms with E-state index in [1.807, 2.05) is 18.2 Å². The van der Waals surface area contributed by atoms with Crippen molar-refractivity contribution in [3.63, 3.8) is 0 Å². The van der Waals surface area contributed by atoms with Crippen molar-refractivity contribution in [2.45, 2.75) is 12.8 Å². The van der Waals surface area contributed by atoms with E-state index in [2.05, 4.69) is 10.3 Å². The first kappa shape index (κ1) is 17.8. The summed E-state index contributed by atoms with van der Waals surface area (Å²) in [7, 11) is 3.18. The Balaban J connectivity index is 1.56. The minimum Gasteiger partial charge on any atom is -0.493 e. The van der Waals surface area contributed by atoms with E-state index >= 15 is 0 Å². The second kappa shape index (κ2) is 7.91. The summed E-state index contributed by atoms with van der Waals surface area (Å²) in [6, 6.07) is 10.2. The summed E-state index contributed by atoms with van der Waals surface area (Å²) >= 11 is 0. The highest BCUT2D eigenvalue weighted by Gasteiger charge is 2.10. The summed E-state index contributed by atoms with van der Waals surface area (Å²) < 4.78 is 23.9. The van der Waals surface area contributed by atoms with Gasteiger partial charge in [0.15, 0.2) is 11.5 Å². The van der Waals surface area contributed by atoms with Crippen LogP contribution in [0, 0.1) is 5.82 Å². The number of ether oxygens (including phenoxy) is 2. The number of aromatic nitrogens is 1. The number of benzene rings is 2. The number of hydrogen-bond acceptors (Lipinski definition) is 3. The molecule has 2 N–H and O–H groups in total. The Labute approximate surface area is 151 Å². The van der Waals surface area contributed by atoms with Gasteiger partial charge in [-0.25, -0.2) is 4.39 Å². The van der Waals surface area contributed by atoms with Gasteiger partial charge in [-0.3, -0.25) is 4.79 Å². The number of hydrogen-bond donors (Lipinski definition) is 2. The van der Waals surface area contributed by atoms with Crippen molar-refractivity contribution in [1.29, 1.82) is 0 Å². The third-order valence-corrected chi connectivity index (χ3v) is 4.26. The molecule has 26 heavy (non-hydrogen) atoms. The molecule has 0 unspecified atom stereocenters. The van der Waals surface area contributed by atoms with Crippen molar-refractivity contribution in [1.82, 2.24) is 10.3 Å². The fourth-order valence-electron chi connectivity index (χ4n) is 2.91. The zero-order valence-corrected chi connectivity index (χ0v) is 14.8. The second-order valence-corrected chi connectivity index (χ2v) is 5.97. The van der Waals surface area contributed by atoms with Crippen LogP contribution in [-0.4, -0.2) is 31.7 Å². The molecule has 3 rings (SSSR count). The Hall–Kier alpha value is -3.02. The third-order valence-electron chi connectivity index (χ3n) is 4.26. The largest absolute Gasteiger partial charge is 0.493 e. The highest BCUT2D eigenvalue weighted by Crippen LogP contribution is 2.27. The SMILES string of the molecule is COc1ccc(CCNC(=O)Cc2c[nH]c3ccc(F)cc23)cc1OC. The summed E-state index contributed by atoms with van der Waals surface area (Å²) in [6.07, 6.45) is 2.63. The number of aromatic amines is 1. The molecule has 5 nitrogen and oxygen atoms in total. The quantitative estimate of drug-likeness (QED) is 0.683. The molecule has 0 saturated carbocycles. The Morgan fingerprint density at radius 1 is 1.12 bits per heavy atom. The molecular formula is C20H21FN2O3. The highest BCUT2D eigenvalue weighted by molar-refractivity contribution is 5.88. The number of fused-ring (bicyclic) bond motifs is 1. The number of halogens is 1. The van der Waals surface area contributed by atoms with Crippen molar-refractivity contribution in [2.24, 2.45) is 0 Å². The number of methoxy groups -OCH3 is 2. The van der Waals surface area contributed by atoms with E-state index in [1.165, 1.54) is 12.1 Å². The Morgan fingerprint density at radius 3 is 2.69 bits per heavy atom. The fourth-order valence-corrected chi connectivity index (χ4v) is 2.91. The van der Waals surface area contributed by atoms with E-state index in [0.29, 0.717) is 24.5 Å². The molecule has 0 aliphatic heterocycles. The van der Waals surface area contributed by atoms with Crippen molar-refractivity contribution in [3.05, 3.63) is 59.5 Å². The fraction of sp³-hybridized carbons (Fsp3) is 0.250. The maximum Gasteiger partial charge on any atom is 0.224 e. The number of H-pyrrole nitrogens is 1. The van der Waals surface area contributed by atoms with Gasteiger partial charge in [0.2, 0.25) is 5.91 Å². The molecule has 0 spiro atoms. The molecule has 1 aromatic heterocycles. The van der Waals surface area contributed by atoms with Crippen LogP contribution in [-0.2, 0) is 17.6 Å². The molecule has 0 aliphatic carbocycles. The van der Waals surface area contributed by atoms with Crippen molar-refractivity contribution >= 4 is 16.8 Å². The van der Waals surface area contributed by atoms with Gasteiger partial charge in [0, 0.05) is 23.6 Å². The zero-order chi connectivity index (χ0) is 18.5. The lowest BCUT2D eigenvalue weighted by Crippen LogP contribution is -2.27. The summed E-state index contributed by atoms with van der Waals surface area (Å²) in [6.45, 7) is 0.505. The number of carbonyl (C=O) groups excluding carboxylic acids is 1. The van der Waals surface area contributed by atoms with Crippen molar-refractivity contribution < 1.29 is 18.7 Å². The lowest BCUT2D eigenvalue weighted by Gasteiger charge is -2.10. The molecule has 136 valence electrons. The molecule has 0 fully saturated rings. The number of nitrogens with one attached hydrogen (secondary N) is 2. The van der Waals surface area contributed by atoms with Crippen LogP contribution in [0.3, 0.4) is 0 Å². The van der Waals surface area contributed by atoms with Gasteiger partial charge in [-0.05, 0) is 47.9 Å². The molecule has 6 heteroatoms. The van der Waals surface area contributed by atoms with Gasteiger partial charge in [-0.1, -0.05) is 6.07 Å². The van der Waals surface area contributed by atoms with Crippen LogP contribution < -0.4 is 14.8 Å². The van der Waals surface area contributed by atoms with Gasteiger partial charge in [0.1, 0.15) is 5.82 Å². The second-order valence-electron chi connectivity index (χ2n) is 5.97. The number of carbonyl (C=O) groups is 1. The molecule has 0 atom stereocenters. The summed E-state index contributed by atoms with van der Waals surface area (Å²) in [5.74, 6) is 0.923. The summed E-state index contributed by atoms with van der Waals surface area (Å²) in [4.78, 5) is 15.2. The third kappa shape index (κ3) is 3.96. The smallest absolute Gasteiger partial charge is 0.224 e. The topological polar surface area (TPSA) is 63.3 Å². The Kier molecular flexibility index (Phi) is 5.41. The van der Waals surface area contributed by atoms with Crippen molar-refractivity contribution in [2.75, 3.05) is 20.8 Å². The van der Waals surface area contributed by atoms with Gasteiger partial charge >= 0.3 is 0 Å². The summed E-state index contributed by atoms with van der Waals surface area (Å²) in [5.41, 5.74) is 2.64. The van der Waals surface area contributed by atoms with Crippen LogP contribution in [0.1, 0.15) is 11.1 Å². The standard InChI is InChI=1S/C20H21FN2O3/c1-25-18-6-3-13(9-19(18)26-2)7-8-22-20(24)10-14-12-23-17-5-4-15(21)11-16(14)17/h3-6,9,11-12,23H,7-8,10H2,1-2H3,(H,22,24). The first-order valence-corrected chi connectivity index (χ1v) is 8.34. The molecule has 3 aromatic rings. The molecule has 0 bridgehead atoms. The maximum absolute atomic E-state index is 13.4. The van der Waals surface area contributed by atoms with Crippen LogP contribution >= 0.6 is 0 Å². The first-order valence-electron chi connectivity index (χ1n) is 8.34. The van der Waals surface area contributed by atoms with E-state index in [4.69, 9.17) is 9.47 Å². The minimum absolute atomic E-state index is 0.101. The average molecular weight is 356 g/mol. The van der Waals surface area contributed by atoms with E-state index in [9.17, 15) is 9.18 Å². The monoisotopic (exact) mass is 356 g/mol. The van der Waals surface area contributed by atoms with Crippen LogP contribution in [0.4, 0.5) is 4.39 Å². The molecule has 1 heterocycles. The van der Waals surface area contributed by atoms with E-state index in [-0.39, 0.29) is 18.1 Å². The molecule has 0 saturated heterocycles. The normalized spacial score (nSPS) is 10.7. The maximum atomic E-state index is 13.4. The van der Waals surface area contributed by atoms with Gasteiger partial charge in [-0.2, -0.15) is 0 Å². The van der Waals surface area contributed by atoms with E-state index in [1.54, 1.807) is 26.5 Å². The molecule has 2 aromatic carbocycles. The van der Waals surface area contributed by atoms with Gasteiger partial charge in [-0.15, -0.1) is 0 Å². The molecule has 1 amide bonds. The van der Waals surface area contributed by atoms with Crippen LogP contribution in [0.5, 0.6) is 11.5 Å². The van der Waals surface area contributed by atoms with Crippen LogP contribution in [0.25, 0.3) is 10.9 Å². The molecule has 0 radical (unpaired) electrons. The highest BCUT2D eigenvalue weighted by atomic mass is 19.1. The van der Waals surface area contributed by atoms with Gasteiger partial charge < -0.3 is 19.8 Å². The van der Waals surface area contributed by atoms with Crippen LogP contribution in [0.15, 0.2) is 42.6 Å². The Bertz CT molecular complexity index is 921. The lowest BCUT2D eigenvalue weighted by molar-refractivity contribution is -0.120. The van der Waals surface area contributed by atoms with E-state index < -0.39 is 0 Å². The number of amides is 1.